The third kappa shape index (κ3) is 2.81. The van der Waals surface area contributed by atoms with Gasteiger partial charge in [-0.25, -0.2) is 0 Å². The maximum Gasteiger partial charge on any atom is 0.287 e. The fourth-order valence-corrected chi connectivity index (χ4v) is 1.76. The molecule has 0 heterocycles. The van der Waals surface area contributed by atoms with Crippen molar-refractivity contribution >= 4 is 28.7 Å². The van der Waals surface area contributed by atoms with Crippen LogP contribution in [0.25, 0.3) is 0 Å². The molecule has 0 unspecified atom stereocenters. The summed E-state index contributed by atoms with van der Waals surface area (Å²) in [7, 11) is 0. The summed E-state index contributed by atoms with van der Waals surface area (Å²) in [5, 5.41) is 23.2. The molecule has 0 aliphatic rings. The second kappa shape index (κ2) is 5.38. The van der Waals surface area contributed by atoms with Crippen LogP contribution >= 0.6 is 11.6 Å². The van der Waals surface area contributed by atoms with Crippen LogP contribution in [0.4, 0.5) is 17.1 Å². The van der Waals surface area contributed by atoms with Gasteiger partial charge in [-0.05, 0) is 24.3 Å². The minimum absolute atomic E-state index is 0.00190. The Labute approximate surface area is 114 Å². The molecule has 0 bridgehead atoms. The first-order valence-corrected chi connectivity index (χ1v) is 5.69. The van der Waals surface area contributed by atoms with Crippen molar-refractivity contribution in [2.24, 2.45) is 0 Å². The standard InChI is InChI=1S/C13H8ClN3O2/c14-11-3-1-2-4-12(11)16-10-5-6-13(17(18)19)9(7-10)8-15/h1-7,16H. The summed E-state index contributed by atoms with van der Waals surface area (Å²) in [4.78, 5) is 10.1. The van der Waals surface area contributed by atoms with Gasteiger partial charge < -0.3 is 5.32 Å². The van der Waals surface area contributed by atoms with Gasteiger partial charge in [0.15, 0.2) is 0 Å². The van der Waals surface area contributed by atoms with Gasteiger partial charge in [0, 0.05) is 11.8 Å². The zero-order valence-electron chi connectivity index (χ0n) is 9.63. The van der Waals surface area contributed by atoms with Crippen molar-refractivity contribution in [3.63, 3.8) is 0 Å². The lowest BCUT2D eigenvalue weighted by Crippen LogP contribution is -1.95. The summed E-state index contributed by atoms with van der Waals surface area (Å²) < 4.78 is 0. The Hall–Kier alpha value is -2.58. The number of nitro benzene ring substituents is 1. The first-order chi connectivity index (χ1) is 9.11. The number of rotatable bonds is 3. The monoisotopic (exact) mass is 273 g/mol. The van der Waals surface area contributed by atoms with E-state index in [4.69, 9.17) is 16.9 Å². The second-order valence-corrected chi connectivity index (χ2v) is 4.11. The van der Waals surface area contributed by atoms with Gasteiger partial charge in [0.05, 0.1) is 15.6 Å². The third-order valence-electron chi connectivity index (χ3n) is 2.47. The molecular weight excluding hydrogens is 266 g/mol. The lowest BCUT2D eigenvalue weighted by molar-refractivity contribution is -0.385. The number of benzene rings is 2. The Morgan fingerprint density at radius 1 is 1.26 bits per heavy atom. The Kier molecular flexibility index (Phi) is 3.64. The number of hydrogen-bond acceptors (Lipinski definition) is 4. The average Bonchev–Trinajstić information content (AvgIpc) is 2.41. The molecule has 0 amide bonds. The summed E-state index contributed by atoms with van der Waals surface area (Å²) in [6.45, 7) is 0. The van der Waals surface area contributed by atoms with Crippen molar-refractivity contribution in [3.8, 4) is 6.07 Å². The largest absolute Gasteiger partial charge is 0.354 e. The van der Waals surface area contributed by atoms with Gasteiger partial charge in [0.1, 0.15) is 11.6 Å². The molecule has 2 rings (SSSR count). The van der Waals surface area contributed by atoms with Crippen molar-refractivity contribution in [2.75, 3.05) is 5.32 Å². The normalized spacial score (nSPS) is 9.68. The maximum atomic E-state index is 10.7. The molecule has 5 nitrogen and oxygen atoms in total. The number of nitrogens with zero attached hydrogens (tertiary/aromatic N) is 2. The molecule has 0 aromatic heterocycles. The van der Waals surface area contributed by atoms with Crippen molar-refractivity contribution in [1.82, 2.24) is 0 Å². The molecule has 0 atom stereocenters. The van der Waals surface area contributed by atoms with Crippen molar-refractivity contribution < 1.29 is 4.92 Å². The molecule has 19 heavy (non-hydrogen) atoms. The Morgan fingerprint density at radius 2 is 2.00 bits per heavy atom. The molecule has 2 aromatic rings. The van der Waals surface area contributed by atoms with E-state index in [0.29, 0.717) is 16.4 Å². The van der Waals surface area contributed by atoms with Crippen LogP contribution in [0.1, 0.15) is 5.56 Å². The van der Waals surface area contributed by atoms with E-state index in [-0.39, 0.29) is 11.3 Å². The highest BCUT2D eigenvalue weighted by Gasteiger charge is 2.13. The van der Waals surface area contributed by atoms with Crippen LogP contribution in [-0.2, 0) is 0 Å². The zero-order chi connectivity index (χ0) is 13.8. The average molecular weight is 274 g/mol. The number of nitro groups is 1. The number of nitrogens with one attached hydrogen (secondary N) is 1. The van der Waals surface area contributed by atoms with E-state index < -0.39 is 4.92 Å². The molecule has 0 fully saturated rings. The van der Waals surface area contributed by atoms with Crippen LogP contribution in [0.15, 0.2) is 42.5 Å². The molecule has 0 radical (unpaired) electrons. The minimum Gasteiger partial charge on any atom is -0.354 e. The summed E-state index contributed by atoms with van der Waals surface area (Å²) in [5.41, 5.74) is 1.02. The van der Waals surface area contributed by atoms with E-state index in [1.165, 1.54) is 18.2 Å². The highest BCUT2D eigenvalue weighted by atomic mass is 35.5. The molecule has 1 N–H and O–H groups in total. The first kappa shape index (κ1) is 12.9. The van der Waals surface area contributed by atoms with Crippen LogP contribution in [0.2, 0.25) is 5.02 Å². The molecule has 0 aliphatic heterocycles. The SMILES string of the molecule is N#Cc1cc(Nc2ccccc2Cl)ccc1[N+](=O)[O-]. The summed E-state index contributed by atoms with van der Waals surface area (Å²) >= 11 is 5.99. The van der Waals surface area contributed by atoms with Gasteiger partial charge in [0.2, 0.25) is 0 Å². The van der Waals surface area contributed by atoms with Gasteiger partial charge >= 0.3 is 0 Å². The second-order valence-electron chi connectivity index (χ2n) is 3.71. The fraction of sp³-hybridized carbons (Fsp3) is 0. The topological polar surface area (TPSA) is 79.0 Å². The quantitative estimate of drug-likeness (QED) is 0.680. The van der Waals surface area contributed by atoms with Crippen LogP contribution in [0.5, 0.6) is 0 Å². The molecule has 0 spiro atoms. The van der Waals surface area contributed by atoms with Gasteiger partial charge in [-0.15, -0.1) is 0 Å². The summed E-state index contributed by atoms with van der Waals surface area (Å²) in [6, 6.07) is 13.1. The Bertz CT molecular complexity index is 680. The Morgan fingerprint density at radius 3 is 2.63 bits per heavy atom. The lowest BCUT2D eigenvalue weighted by Gasteiger charge is -2.08. The van der Waals surface area contributed by atoms with E-state index in [0.717, 1.165) is 0 Å². The lowest BCUT2D eigenvalue weighted by atomic mass is 10.1. The maximum absolute atomic E-state index is 10.7. The highest BCUT2D eigenvalue weighted by Crippen LogP contribution is 2.27. The number of anilines is 2. The van der Waals surface area contributed by atoms with Crippen LogP contribution < -0.4 is 5.32 Å². The van der Waals surface area contributed by atoms with Gasteiger partial charge in [0.25, 0.3) is 5.69 Å². The van der Waals surface area contributed by atoms with Crippen molar-refractivity contribution in [1.29, 1.82) is 5.26 Å². The van der Waals surface area contributed by atoms with Gasteiger partial charge in [-0.2, -0.15) is 5.26 Å². The predicted octanol–water partition coefficient (Wildman–Crippen LogP) is 3.86. The van der Waals surface area contributed by atoms with Crippen LogP contribution in [0, 0.1) is 21.4 Å². The molecule has 0 saturated heterocycles. The van der Waals surface area contributed by atoms with E-state index >= 15 is 0 Å². The highest BCUT2D eigenvalue weighted by molar-refractivity contribution is 6.33. The smallest absolute Gasteiger partial charge is 0.287 e. The predicted molar refractivity (Wildman–Crippen MR) is 72.5 cm³/mol. The molecule has 0 saturated carbocycles. The molecule has 6 heteroatoms. The zero-order valence-corrected chi connectivity index (χ0v) is 10.4. The summed E-state index contributed by atoms with van der Waals surface area (Å²) in [6.07, 6.45) is 0. The van der Waals surface area contributed by atoms with Crippen LogP contribution in [0.3, 0.4) is 0 Å². The first-order valence-electron chi connectivity index (χ1n) is 5.32. The van der Waals surface area contributed by atoms with Crippen LogP contribution in [-0.4, -0.2) is 4.92 Å². The van der Waals surface area contributed by atoms with E-state index in [2.05, 4.69) is 5.32 Å². The van der Waals surface area contributed by atoms with Gasteiger partial charge in [-0.3, -0.25) is 10.1 Å². The summed E-state index contributed by atoms with van der Waals surface area (Å²) in [5.74, 6) is 0. The molecule has 94 valence electrons. The number of para-hydroxylation sites is 1. The van der Waals surface area contributed by atoms with Crippen molar-refractivity contribution in [2.45, 2.75) is 0 Å². The molecule has 2 aromatic carbocycles. The fourth-order valence-electron chi connectivity index (χ4n) is 1.58. The number of halogens is 1. The number of nitriles is 1. The van der Waals surface area contributed by atoms with E-state index in [1.54, 1.807) is 24.3 Å². The van der Waals surface area contributed by atoms with E-state index in [9.17, 15) is 10.1 Å². The molecular formula is C13H8ClN3O2. The van der Waals surface area contributed by atoms with Gasteiger partial charge in [-0.1, -0.05) is 23.7 Å². The number of hydrogen-bond donors (Lipinski definition) is 1. The minimum atomic E-state index is -0.585. The third-order valence-corrected chi connectivity index (χ3v) is 2.80. The Balaban J connectivity index is 2.36. The van der Waals surface area contributed by atoms with E-state index in [1.807, 2.05) is 6.07 Å². The van der Waals surface area contributed by atoms with Crippen molar-refractivity contribution in [3.05, 3.63) is 63.2 Å². The molecule has 0 aliphatic carbocycles.